The van der Waals surface area contributed by atoms with Gasteiger partial charge in [0.15, 0.2) is 0 Å². The molecule has 3 aromatic rings. The second kappa shape index (κ2) is 8.66. The van der Waals surface area contributed by atoms with Crippen molar-refractivity contribution in [2.24, 2.45) is 0 Å². The van der Waals surface area contributed by atoms with Crippen molar-refractivity contribution in [2.45, 2.75) is 44.6 Å². The van der Waals surface area contributed by atoms with Crippen LogP contribution in [0.2, 0.25) is 0 Å². The molecule has 2 atom stereocenters. The van der Waals surface area contributed by atoms with Crippen LogP contribution in [0.4, 0.5) is 5.69 Å². The minimum Gasteiger partial charge on any atom is -0.353 e. The monoisotopic (exact) mass is 438 g/mol. The van der Waals surface area contributed by atoms with Gasteiger partial charge in [-0.3, -0.25) is 14.4 Å². The third kappa shape index (κ3) is 4.07. The Kier molecular flexibility index (Phi) is 5.55. The SMILES string of the molecule is CC(CCC(=O)NC1Cc2ccc(N3C(=O)c4ccccc4C3=O)cc2C1)c1ccccc1. The molecular formula is C28H26N2O3. The number of amides is 3. The molecule has 0 bridgehead atoms. The van der Waals surface area contributed by atoms with E-state index in [2.05, 4.69) is 24.4 Å². The van der Waals surface area contributed by atoms with Crippen LogP contribution in [-0.4, -0.2) is 23.8 Å². The molecule has 0 saturated carbocycles. The molecule has 0 spiro atoms. The van der Waals surface area contributed by atoms with Gasteiger partial charge in [0.05, 0.1) is 16.8 Å². The quantitative estimate of drug-likeness (QED) is 0.570. The Bertz CT molecular complexity index is 1200. The highest BCUT2D eigenvalue weighted by atomic mass is 16.2. The zero-order valence-corrected chi connectivity index (χ0v) is 18.6. The van der Waals surface area contributed by atoms with Crippen LogP contribution >= 0.6 is 0 Å². The van der Waals surface area contributed by atoms with E-state index in [9.17, 15) is 14.4 Å². The molecule has 1 heterocycles. The van der Waals surface area contributed by atoms with E-state index in [1.54, 1.807) is 24.3 Å². The molecular weight excluding hydrogens is 412 g/mol. The zero-order valence-electron chi connectivity index (χ0n) is 18.6. The maximum Gasteiger partial charge on any atom is 0.266 e. The number of anilines is 1. The first kappa shape index (κ1) is 21.1. The van der Waals surface area contributed by atoms with Crippen LogP contribution in [0, 0.1) is 0 Å². The minimum atomic E-state index is -0.286. The van der Waals surface area contributed by atoms with Crippen LogP contribution in [0.5, 0.6) is 0 Å². The Morgan fingerprint density at radius 3 is 2.24 bits per heavy atom. The molecule has 0 radical (unpaired) electrons. The van der Waals surface area contributed by atoms with Crippen molar-refractivity contribution in [3.63, 3.8) is 0 Å². The molecule has 3 amide bonds. The number of nitrogens with zero attached hydrogens (tertiary/aromatic N) is 1. The number of fused-ring (bicyclic) bond motifs is 2. The van der Waals surface area contributed by atoms with Crippen LogP contribution < -0.4 is 10.2 Å². The Balaban J connectivity index is 1.21. The van der Waals surface area contributed by atoms with Gasteiger partial charge in [-0.05, 0) is 66.1 Å². The predicted molar refractivity (Wildman–Crippen MR) is 127 cm³/mol. The third-order valence-corrected chi connectivity index (χ3v) is 6.71. The van der Waals surface area contributed by atoms with Gasteiger partial charge in [0, 0.05) is 12.5 Å². The molecule has 0 saturated heterocycles. The van der Waals surface area contributed by atoms with Gasteiger partial charge < -0.3 is 5.32 Å². The van der Waals surface area contributed by atoms with E-state index in [0.29, 0.717) is 35.6 Å². The number of carbonyl (C=O) groups excluding carboxylic acids is 3. The lowest BCUT2D eigenvalue weighted by Crippen LogP contribution is -2.35. The largest absolute Gasteiger partial charge is 0.353 e. The summed E-state index contributed by atoms with van der Waals surface area (Å²) in [5, 5.41) is 3.17. The summed E-state index contributed by atoms with van der Waals surface area (Å²) in [7, 11) is 0. The molecule has 166 valence electrons. The van der Waals surface area contributed by atoms with Crippen molar-refractivity contribution in [3.8, 4) is 0 Å². The molecule has 5 rings (SSSR count). The van der Waals surface area contributed by atoms with Crippen molar-refractivity contribution in [1.29, 1.82) is 0 Å². The highest BCUT2D eigenvalue weighted by Gasteiger charge is 2.37. The first-order valence-corrected chi connectivity index (χ1v) is 11.4. The fraction of sp³-hybridized carbons (Fsp3) is 0.250. The van der Waals surface area contributed by atoms with Gasteiger partial charge in [-0.25, -0.2) is 4.90 Å². The second-order valence-electron chi connectivity index (χ2n) is 8.97. The maximum absolute atomic E-state index is 12.8. The summed E-state index contributed by atoms with van der Waals surface area (Å²) in [5.41, 5.74) is 4.95. The van der Waals surface area contributed by atoms with E-state index in [-0.39, 0.29) is 23.8 Å². The zero-order chi connectivity index (χ0) is 22.9. The first-order valence-electron chi connectivity index (χ1n) is 11.4. The second-order valence-corrected chi connectivity index (χ2v) is 8.97. The van der Waals surface area contributed by atoms with E-state index in [4.69, 9.17) is 0 Å². The lowest BCUT2D eigenvalue weighted by atomic mass is 9.96. The molecule has 2 unspecified atom stereocenters. The highest BCUT2D eigenvalue weighted by Crippen LogP contribution is 2.32. The fourth-order valence-electron chi connectivity index (χ4n) is 4.87. The van der Waals surface area contributed by atoms with E-state index >= 15 is 0 Å². The van der Waals surface area contributed by atoms with Crippen molar-refractivity contribution in [2.75, 3.05) is 4.90 Å². The summed E-state index contributed by atoms with van der Waals surface area (Å²) in [4.78, 5) is 39.4. The number of rotatable bonds is 6. The summed E-state index contributed by atoms with van der Waals surface area (Å²) in [6.07, 6.45) is 2.76. The molecule has 0 fully saturated rings. The molecule has 5 heteroatoms. The summed E-state index contributed by atoms with van der Waals surface area (Å²) in [5.74, 6) is -0.173. The fourth-order valence-corrected chi connectivity index (χ4v) is 4.87. The average molecular weight is 439 g/mol. The van der Waals surface area contributed by atoms with Crippen molar-refractivity contribution >= 4 is 23.4 Å². The van der Waals surface area contributed by atoms with Gasteiger partial charge in [-0.15, -0.1) is 0 Å². The number of hydrogen-bond donors (Lipinski definition) is 1. The topological polar surface area (TPSA) is 66.5 Å². The summed E-state index contributed by atoms with van der Waals surface area (Å²) in [6.45, 7) is 2.15. The molecule has 2 aliphatic rings. The predicted octanol–water partition coefficient (Wildman–Crippen LogP) is 4.65. The van der Waals surface area contributed by atoms with Gasteiger partial charge in [0.1, 0.15) is 0 Å². The molecule has 1 N–H and O–H groups in total. The Labute approximate surface area is 193 Å². The summed E-state index contributed by atoms with van der Waals surface area (Å²) in [6, 6.07) is 22.9. The number of imide groups is 1. The number of carbonyl (C=O) groups is 3. The average Bonchev–Trinajstić information content (AvgIpc) is 3.35. The summed E-state index contributed by atoms with van der Waals surface area (Å²) < 4.78 is 0. The molecule has 3 aromatic carbocycles. The normalized spacial score (nSPS) is 17.6. The molecule has 33 heavy (non-hydrogen) atoms. The maximum atomic E-state index is 12.8. The standard InChI is InChI=1S/C28H26N2O3/c1-18(19-7-3-2-4-8-19)11-14-26(31)29-22-15-20-12-13-23(17-21(20)16-22)30-27(32)24-9-5-6-10-25(24)28(30)33/h2-10,12-13,17-18,22H,11,14-16H2,1H3,(H,29,31). The van der Waals surface area contributed by atoms with Crippen molar-refractivity contribution in [3.05, 3.63) is 101 Å². The van der Waals surface area contributed by atoms with Crippen molar-refractivity contribution in [1.82, 2.24) is 5.32 Å². The molecule has 0 aromatic heterocycles. The van der Waals surface area contributed by atoms with E-state index in [0.717, 1.165) is 24.0 Å². The van der Waals surface area contributed by atoms with E-state index < -0.39 is 0 Å². The first-order chi connectivity index (χ1) is 16.0. The number of benzene rings is 3. The van der Waals surface area contributed by atoms with Crippen LogP contribution in [0.3, 0.4) is 0 Å². The van der Waals surface area contributed by atoms with Gasteiger partial charge in [0.2, 0.25) is 5.91 Å². The van der Waals surface area contributed by atoms with Gasteiger partial charge >= 0.3 is 0 Å². The lowest BCUT2D eigenvalue weighted by molar-refractivity contribution is -0.121. The lowest BCUT2D eigenvalue weighted by Gasteiger charge is -2.15. The third-order valence-electron chi connectivity index (χ3n) is 6.71. The number of nitrogens with one attached hydrogen (secondary N) is 1. The van der Waals surface area contributed by atoms with Crippen LogP contribution in [0.1, 0.15) is 63.1 Å². The van der Waals surface area contributed by atoms with Crippen LogP contribution in [-0.2, 0) is 17.6 Å². The molecule has 5 nitrogen and oxygen atoms in total. The highest BCUT2D eigenvalue weighted by molar-refractivity contribution is 6.34. The molecule has 1 aliphatic heterocycles. The van der Waals surface area contributed by atoms with E-state index in [1.165, 1.54) is 10.5 Å². The summed E-state index contributed by atoms with van der Waals surface area (Å²) >= 11 is 0. The Morgan fingerprint density at radius 2 is 1.55 bits per heavy atom. The minimum absolute atomic E-state index is 0.0389. The Morgan fingerprint density at radius 1 is 0.909 bits per heavy atom. The van der Waals surface area contributed by atoms with Gasteiger partial charge in [-0.2, -0.15) is 0 Å². The van der Waals surface area contributed by atoms with Gasteiger partial charge in [-0.1, -0.05) is 55.5 Å². The van der Waals surface area contributed by atoms with Crippen molar-refractivity contribution < 1.29 is 14.4 Å². The van der Waals surface area contributed by atoms with E-state index in [1.807, 2.05) is 36.4 Å². The number of hydrogen-bond acceptors (Lipinski definition) is 3. The molecule has 1 aliphatic carbocycles. The van der Waals surface area contributed by atoms with Crippen LogP contribution in [0.15, 0.2) is 72.8 Å². The van der Waals surface area contributed by atoms with Gasteiger partial charge in [0.25, 0.3) is 11.8 Å². The van der Waals surface area contributed by atoms with Crippen LogP contribution in [0.25, 0.3) is 0 Å². The smallest absolute Gasteiger partial charge is 0.266 e. The Hall–Kier alpha value is -3.73.